The number of carbonyl (C=O) groups is 1. The Morgan fingerprint density at radius 3 is 2.53 bits per heavy atom. The van der Waals surface area contributed by atoms with Crippen LogP contribution in [0.1, 0.15) is 34.6 Å². The van der Waals surface area contributed by atoms with Crippen LogP contribution in [-0.4, -0.2) is 34.3 Å². The van der Waals surface area contributed by atoms with Gasteiger partial charge in [-0.2, -0.15) is 0 Å². The van der Waals surface area contributed by atoms with E-state index in [1.165, 1.54) is 0 Å². The van der Waals surface area contributed by atoms with Crippen molar-refractivity contribution in [3.63, 3.8) is 0 Å². The third-order valence-electron chi connectivity index (χ3n) is 2.32. The lowest BCUT2D eigenvalue weighted by molar-refractivity contribution is 0.0205. The van der Waals surface area contributed by atoms with Crippen molar-refractivity contribution in [2.45, 2.75) is 46.3 Å². The van der Waals surface area contributed by atoms with Gasteiger partial charge in [0, 0.05) is 11.8 Å². The molecule has 0 aromatic carbocycles. The van der Waals surface area contributed by atoms with Gasteiger partial charge in [0.2, 0.25) is 0 Å². The molecule has 0 saturated carbocycles. The average molecular weight is 231 g/mol. The Bertz CT molecular complexity index is 235. The van der Waals surface area contributed by atoms with Crippen LogP contribution in [0.4, 0.5) is 4.79 Å². The second-order valence-corrected chi connectivity index (χ2v) is 6.26. The van der Waals surface area contributed by atoms with E-state index in [1.807, 2.05) is 25.7 Å². The van der Waals surface area contributed by atoms with Crippen LogP contribution in [0.25, 0.3) is 0 Å². The first kappa shape index (κ1) is 12.7. The van der Waals surface area contributed by atoms with Gasteiger partial charge in [-0.1, -0.05) is 13.8 Å². The van der Waals surface area contributed by atoms with E-state index in [-0.39, 0.29) is 6.09 Å². The summed E-state index contributed by atoms with van der Waals surface area (Å²) >= 11 is 1.80. The van der Waals surface area contributed by atoms with Crippen LogP contribution in [-0.2, 0) is 4.74 Å². The monoisotopic (exact) mass is 231 g/mol. The number of rotatable bonds is 1. The smallest absolute Gasteiger partial charge is 0.411 e. The minimum atomic E-state index is -0.397. The summed E-state index contributed by atoms with van der Waals surface area (Å²) in [4.78, 5) is 13.7. The first-order chi connectivity index (χ1) is 6.81. The molecule has 1 aliphatic rings. The van der Waals surface area contributed by atoms with Crippen molar-refractivity contribution in [2.24, 2.45) is 5.92 Å². The predicted octanol–water partition coefficient (Wildman–Crippen LogP) is 2.95. The van der Waals surface area contributed by atoms with Gasteiger partial charge >= 0.3 is 6.09 Å². The highest BCUT2D eigenvalue weighted by Crippen LogP contribution is 2.27. The number of amides is 1. The number of nitrogens with zero attached hydrogens (tertiary/aromatic N) is 1. The second-order valence-electron chi connectivity index (χ2n) is 5.26. The SMILES string of the molecule is CC(C)C1CSCN1C(=O)OC(C)(C)C. The summed E-state index contributed by atoms with van der Waals surface area (Å²) in [5.74, 6) is 2.28. The topological polar surface area (TPSA) is 29.5 Å². The Balaban J connectivity index is 2.59. The number of hydrogen-bond acceptors (Lipinski definition) is 3. The van der Waals surface area contributed by atoms with Crippen molar-refractivity contribution >= 4 is 17.9 Å². The molecule has 1 fully saturated rings. The van der Waals surface area contributed by atoms with E-state index in [2.05, 4.69) is 13.8 Å². The van der Waals surface area contributed by atoms with E-state index in [4.69, 9.17) is 4.74 Å². The fourth-order valence-corrected chi connectivity index (χ4v) is 2.92. The van der Waals surface area contributed by atoms with Crippen molar-refractivity contribution < 1.29 is 9.53 Å². The molecule has 1 unspecified atom stereocenters. The fourth-order valence-electron chi connectivity index (χ4n) is 1.52. The van der Waals surface area contributed by atoms with E-state index in [9.17, 15) is 4.79 Å². The van der Waals surface area contributed by atoms with Crippen molar-refractivity contribution in [1.82, 2.24) is 4.90 Å². The summed E-state index contributed by atoms with van der Waals surface area (Å²) in [6.45, 7) is 10.00. The van der Waals surface area contributed by atoms with Gasteiger partial charge in [-0.15, -0.1) is 11.8 Å². The van der Waals surface area contributed by atoms with E-state index >= 15 is 0 Å². The molecule has 0 bridgehead atoms. The normalized spacial score (nSPS) is 22.3. The third kappa shape index (κ3) is 3.59. The molecule has 0 radical (unpaired) electrons. The number of ether oxygens (including phenoxy) is 1. The molecule has 15 heavy (non-hydrogen) atoms. The summed E-state index contributed by atoms with van der Waals surface area (Å²) in [6.07, 6.45) is -0.175. The summed E-state index contributed by atoms with van der Waals surface area (Å²) in [6, 6.07) is 0.324. The van der Waals surface area contributed by atoms with Gasteiger partial charge in [0.15, 0.2) is 0 Å². The van der Waals surface area contributed by atoms with E-state index in [1.54, 1.807) is 11.8 Å². The number of carbonyl (C=O) groups excluding carboxylic acids is 1. The maximum Gasteiger partial charge on any atom is 0.411 e. The highest BCUT2D eigenvalue weighted by molar-refractivity contribution is 7.99. The maximum atomic E-state index is 11.9. The standard InChI is InChI=1S/C11H21NO2S/c1-8(2)9-6-15-7-12(9)10(13)14-11(3,4)5/h8-9H,6-7H2,1-5H3. The van der Waals surface area contributed by atoms with Crippen LogP contribution in [0.15, 0.2) is 0 Å². The Hall–Kier alpha value is -0.380. The Morgan fingerprint density at radius 1 is 1.47 bits per heavy atom. The largest absolute Gasteiger partial charge is 0.444 e. The number of hydrogen-bond donors (Lipinski definition) is 0. The average Bonchev–Trinajstić information content (AvgIpc) is 2.47. The van der Waals surface area contributed by atoms with Gasteiger partial charge in [0.25, 0.3) is 0 Å². The molecule has 1 aliphatic heterocycles. The lowest BCUT2D eigenvalue weighted by Crippen LogP contribution is -2.42. The molecule has 0 aliphatic carbocycles. The zero-order chi connectivity index (χ0) is 11.6. The molecule has 1 heterocycles. The molecular weight excluding hydrogens is 210 g/mol. The Labute approximate surface area is 96.5 Å². The molecular formula is C11H21NO2S. The van der Waals surface area contributed by atoms with Crippen molar-refractivity contribution in [3.05, 3.63) is 0 Å². The van der Waals surface area contributed by atoms with Gasteiger partial charge < -0.3 is 4.74 Å². The molecule has 88 valence electrons. The van der Waals surface area contributed by atoms with E-state index in [0.717, 1.165) is 11.6 Å². The second kappa shape index (κ2) is 4.64. The number of thioether (sulfide) groups is 1. The molecule has 0 spiro atoms. The lowest BCUT2D eigenvalue weighted by atomic mass is 10.1. The third-order valence-corrected chi connectivity index (χ3v) is 3.35. The van der Waals surface area contributed by atoms with Crippen molar-refractivity contribution in [1.29, 1.82) is 0 Å². The summed E-state index contributed by atoms with van der Waals surface area (Å²) in [7, 11) is 0. The zero-order valence-corrected chi connectivity index (χ0v) is 11.1. The Morgan fingerprint density at radius 2 is 2.07 bits per heavy atom. The van der Waals surface area contributed by atoms with Gasteiger partial charge in [0.05, 0.1) is 5.88 Å². The minimum Gasteiger partial charge on any atom is -0.444 e. The Kier molecular flexibility index (Phi) is 3.93. The molecule has 0 aromatic rings. The van der Waals surface area contributed by atoms with Crippen LogP contribution in [0.2, 0.25) is 0 Å². The van der Waals surface area contributed by atoms with E-state index < -0.39 is 5.60 Å². The molecule has 0 N–H and O–H groups in total. The highest BCUT2D eigenvalue weighted by atomic mass is 32.2. The van der Waals surface area contributed by atoms with Gasteiger partial charge in [-0.25, -0.2) is 4.79 Å². The van der Waals surface area contributed by atoms with Crippen LogP contribution in [0.5, 0.6) is 0 Å². The van der Waals surface area contributed by atoms with Crippen LogP contribution in [0, 0.1) is 5.92 Å². The van der Waals surface area contributed by atoms with Gasteiger partial charge in [0.1, 0.15) is 5.60 Å². The predicted molar refractivity (Wildman–Crippen MR) is 64.0 cm³/mol. The molecule has 1 amide bonds. The molecule has 4 heteroatoms. The first-order valence-corrected chi connectivity index (χ1v) is 6.54. The lowest BCUT2D eigenvalue weighted by Gasteiger charge is -2.29. The summed E-state index contributed by atoms with van der Waals surface area (Å²) < 4.78 is 5.38. The van der Waals surface area contributed by atoms with Crippen LogP contribution in [0.3, 0.4) is 0 Å². The van der Waals surface area contributed by atoms with Gasteiger partial charge in [-0.3, -0.25) is 4.90 Å². The van der Waals surface area contributed by atoms with Crippen molar-refractivity contribution in [2.75, 3.05) is 11.6 Å². The van der Waals surface area contributed by atoms with E-state index in [0.29, 0.717) is 12.0 Å². The molecule has 1 rings (SSSR count). The molecule has 3 nitrogen and oxygen atoms in total. The minimum absolute atomic E-state index is 0.175. The maximum absolute atomic E-state index is 11.9. The quantitative estimate of drug-likeness (QED) is 0.695. The zero-order valence-electron chi connectivity index (χ0n) is 10.2. The molecule has 0 aromatic heterocycles. The molecule has 1 atom stereocenters. The van der Waals surface area contributed by atoms with Crippen LogP contribution >= 0.6 is 11.8 Å². The fraction of sp³-hybridized carbons (Fsp3) is 0.909. The van der Waals surface area contributed by atoms with Crippen molar-refractivity contribution in [3.8, 4) is 0 Å². The molecule has 1 saturated heterocycles. The summed E-state index contributed by atoms with van der Waals surface area (Å²) in [5.41, 5.74) is -0.397. The van der Waals surface area contributed by atoms with Gasteiger partial charge in [-0.05, 0) is 26.7 Å². The first-order valence-electron chi connectivity index (χ1n) is 5.38. The summed E-state index contributed by atoms with van der Waals surface area (Å²) in [5, 5.41) is 0. The highest BCUT2D eigenvalue weighted by Gasteiger charge is 2.34. The van der Waals surface area contributed by atoms with Crippen LogP contribution < -0.4 is 0 Å².